The highest BCUT2D eigenvalue weighted by molar-refractivity contribution is 6.17. The Morgan fingerprint density at radius 2 is 1.76 bits per heavy atom. The molecule has 0 bridgehead atoms. The second-order valence-corrected chi connectivity index (χ2v) is 5.54. The van der Waals surface area contributed by atoms with Gasteiger partial charge in [-0.25, -0.2) is 0 Å². The van der Waals surface area contributed by atoms with Crippen molar-refractivity contribution in [2.75, 3.05) is 12.4 Å². The number of hydrogen-bond donors (Lipinski definition) is 1. The summed E-state index contributed by atoms with van der Waals surface area (Å²) in [4.78, 5) is 11.7. The predicted octanol–water partition coefficient (Wildman–Crippen LogP) is 3.87. The standard InChI is InChI=1S/C14H26ClNO/c15-10-6-3-7-11-16-14(17)12-13-8-4-1-2-5-9-13/h13H,1-12H2,(H,16,17). The van der Waals surface area contributed by atoms with Crippen LogP contribution in [0.4, 0.5) is 0 Å². The average Bonchev–Trinajstić information content (AvgIpc) is 2.57. The monoisotopic (exact) mass is 259 g/mol. The van der Waals surface area contributed by atoms with Gasteiger partial charge in [0.05, 0.1) is 0 Å². The maximum absolute atomic E-state index is 11.7. The quantitative estimate of drug-likeness (QED) is 0.420. The van der Waals surface area contributed by atoms with E-state index < -0.39 is 0 Å². The molecule has 2 nitrogen and oxygen atoms in total. The van der Waals surface area contributed by atoms with E-state index >= 15 is 0 Å². The molecule has 0 spiro atoms. The molecule has 0 aliphatic heterocycles. The lowest BCUT2D eigenvalue weighted by molar-refractivity contribution is -0.122. The fraction of sp³-hybridized carbons (Fsp3) is 0.929. The molecule has 0 radical (unpaired) electrons. The molecule has 0 saturated heterocycles. The van der Waals surface area contributed by atoms with Crippen LogP contribution >= 0.6 is 11.6 Å². The minimum absolute atomic E-state index is 0.253. The van der Waals surface area contributed by atoms with Crippen LogP contribution in [0.1, 0.15) is 64.2 Å². The Bertz CT molecular complexity index is 200. The Hall–Kier alpha value is -0.240. The Morgan fingerprint density at radius 1 is 1.06 bits per heavy atom. The zero-order valence-electron chi connectivity index (χ0n) is 10.8. The maximum Gasteiger partial charge on any atom is 0.220 e. The number of halogens is 1. The van der Waals surface area contributed by atoms with Gasteiger partial charge < -0.3 is 5.32 Å². The van der Waals surface area contributed by atoms with E-state index in [-0.39, 0.29) is 5.91 Å². The van der Waals surface area contributed by atoms with E-state index in [1.807, 2.05) is 0 Å². The number of nitrogens with one attached hydrogen (secondary N) is 1. The molecule has 100 valence electrons. The number of hydrogen-bond acceptors (Lipinski definition) is 1. The van der Waals surface area contributed by atoms with Gasteiger partial charge in [0.25, 0.3) is 0 Å². The van der Waals surface area contributed by atoms with Gasteiger partial charge in [0.15, 0.2) is 0 Å². The number of amides is 1. The minimum Gasteiger partial charge on any atom is -0.356 e. The van der Waals surface area contributed by atoms with Crippen LogP contribution in [0.15, 0.2) is 0 Å². The zero-order chi connectivity index (χ0) is 12.3. The summed E-state index contributed by atoms with van der Waals surface area (Å²) in [7, 11) is 0. The first kappa shape index (κ1) is 14.8. The first-order valence-corrected chi connectivity index (χ1v) is 7.69. The number of rotatable bonds is 7. The van der Waals surface area contributed by atoms with Gasteiger partial charge in [-0.05, 0) is 31.6 Å². The number of alkyl halides is 1. The largest absolute Gasteiger partial charge is 0.356 e. The summed E-state index contributed by atoms with van der Waals surface area (Å²) < 4.78 is 0. The van der Waals surface area contributed by atoms with Crippen LogP contribution in [0, 0.1) is 5.92 Å². The van der Waals surface area contributed by atoms with Crippen molar-refractivity contribution in [2.24, 2.45) is 5.92 Å². The van der Waals surface area contributed by atoms with Crippen LogP contribution in [0.3, 0.4) is 0 Å². The highest BCUT2D eigenvalue weighted by atomic mass is 35.5. The molecule has 1 aliphatic carbocycles. The molecule has 17 heavy (non-hydrogen) atoms. The van der Waals surface area contributed by atoms with Crippen molar-refractivity contribution in [3.05, 3.63) is 0 Å². The van der Waals surface area contributed by atoms with Crippen molar-refractivity contribution < 1.29 is 4.79 Å². The van der Waals surface area contributed by atoms with E-state index in [1.54, 1.807) is 0 Å². The van der Waals surface area contributed by atoms with Crippen LogP contribution < -0.4 is 5.32 Å². The Labute approximate surface area is 110 Å². The summed E-state index contributed by atoms with van der Waals surface area (Å²) >= 11 is 5.60. The molecule has 1 rings (SSSR count). The summed E-state index contributed by atoms with van der Waals surface area (Å²) in [5, 5.41) is 3.03. The molecule has 1 fully saturated rings. The third kappa shape index (κ3) is 7.64. The molecule has 0 aromatic heterocycles. The van der Waals surface area contributed by atoms with Gasteiger partial charge in [-0.2, -0.15) is 0 Å². The van der Waals surface area contributed by atoms with Gasteiger partial charge in [0, 0.05) is 18.8 Å². The average molecular weight is 260 g/mol. The third-order valence-electron chi connectivity index (χ3n) is 3.58. The topological polar surface area (TPSA) is 29.1 Å². The smallest absolute Gasteiger partial charge is 0.220 e. The van der Waals surface area contributed by atoms with Gasteiger partial charge in [-0.15, -0.1) is 11.6 Å². The van der Waals surface area contributed by atoms with Crippen molar-refractivity contribution in [1.82, 2.24) is 5.32 Å². The van der Waals surface area contributed by atoms with Gasteiger partial charge in [-0.1, -0.05) is 32.1 Å². The lowest BCUT2D eigenvalue weighted by Crippen LogP contribution is -2.26. The number of unbranched alkanes of at least 4 members (excludes halogenated alkanes) is 2. The van der Waals surface area contributed by atoms with E-state index in [2.05, 4.69) is 5.32 Å². The summed E-state index contributed by atoms with van der Waals surface area (Å²) in [6.45, 7) is 0.822. The highest BCUT2D eigenvalue weighted by Gasteiger charge is 2.15. The first-order valence-electron chi connectivity index (χ1n) is 7.15. The van der Waals surface area contributed by atoms with Crippen molar-refractivity contribution in [3.63, 3.8) is 0 Å². The SMILES string of the molecule is O=C(CC1CCCCCC1)NCCCCCCl. The second kappa shape index (κ2) is 9.76. The van der Waals surface area contributed by atoms with Crippen LogP contribution in [0.5, 0.6) is 0 Å². The van der Waals surface area contributed by atoms with Gasteiger partial charge >= 0.3 is 0 Å². The molecule has 0 aromatic rings. The predicted molar refractivity (Wildman–Crippen MR) is 73.4 cm³/mol. The van der Waals surface area contributed by atoms with E-state index in [4.69, 9.17) is 11.6 Å². The summed E-state index contributed by atoms with van der Waals surface area (Å²) in [5.41, 5.74) is 0. The second-order valence-electron chi connectivity index (χ2n) is 5.16. The molecule has 0 aromatic carbocycles. The highest BCUT2D eigenvalue weighted by Crippen LogP contribution is 2.25. The minimum atomic E-state index is 0.253. The lowest BCUT2D eigenvalue weighted by atomic mass is 9.96. The molecular formula is C14H26ClNO. The number of carbonyl (C=O) groups excluding carboxylic acids is 1. The molecule has 0 atom stereocenters. The molecule has 1 amide bonds. The Kier molecular flexibility index (Phi) is 8.50. The lowest BCUT2D eigenvalue weighted by Gasteiger charge is -2.13. The molecule has 1 N–H and O–H groups in total. The number of carbonyl (C=O) groups is 1. The van der Waals surface area contributed by atoms with Crippen molar-refractivity contribution in [2.45, 2.75) is 64.2 Å². The summed E-state index contributed by atoms with van der Waals surface area (Å²) in [6, 6.07) is 0. The molecule has 1 saturated carbocycles. The maximum atomic E-state index is 11.7. The summed E-state index contributed by atoms with van der Waals surface area (Å²) in [6.07, 6.45) is 11.8. The fourth-order valence-corrected chi connectivity index (χ4v) is 2.72. The van der Waals surface area contributed by atoms with Crippen LogP contribution in [0.25, 0.3) is 0 Å². The Balaban J connectivity index is 2.03. The fourth-order valence-electron chi connectivity index (χ4n) is 2.53. The van der Waals surface area contributed by atoms with Crippen LogP contribution in [-0.2, 0) is 4.79 Å². The third-order valence-corrected chi connectivity index (χ3v) is 3.85. The van der Waals surface area contributed by atoms with Gasteiger partial charge in [0.2, 0.25) is 5.91 Å². The van der Waals surface area contributed by atoms with Crippen LogP contribution in [-0.4, -0.2) is 18.3 Å². The van der Waals surface area contributed by atoms with Crippen molar-refractivity contribution in [1.29, 1.82) is 0 Å². The summed E-state index contributed by atoms with van der Waals surface area (Å²) in [5.74, 6) is 1.62. The molecule has 1 aliphatic rings. The molecule has 3 heteroatoms. The molecule has 0 heterocycles. The molecule has 0 unspecified atom stereocenters. The van der Waals surface area contributed by atoms with Gasteiger partial charge in [-0.3, -0.25) is 4.79 Å². The van der Waals surface area contributed by atoms with E-state index in [0.29, 0.717) is 5.92 Å². The normalized spacial score (nSPS) is 17.7. The van der Waals surface area contributed by atoms with Crippen LogP contribution in [0.2, 0.25) is 0 Å². The van der Waals surface area contributed by atoms with Gasteiger partial charge in [0.1, 0.15) is 0 Å². The zero-order valence-corrected chi connectivity index (χ0v) is 11.6. The first-order chi connectivity index (χ1) is 8.33. The van der Waals surface area contributed by atoms with E-state index in [0.717, 1.165) is 38.1 Å². The van der Waals surface area contributed by atoms with Crippen molar-refractivity contribution >= 4 is 17.5 Å². The van der Waals surface area contributed by atoms with Crippen molar-refractivity contribution in [3.8, 4) is 0 Å². The molecular weight excluding hydrogens is 234 g/mol. The van der Waals surface area contributed by atoms with E-state index in [1.165, 1.54) is 38.5 Å². The van der Waals surface area contributed by atoms with E-state index in [9.17, 15) is 4.79 Å². The Morgan fingerprint density at radius 3 is 2.41 bits per heavy atom.